The molecule has 0 heterocycles. The van der Waals surface area contributed by atoms with Crippen LogP contribution in [0.5, 0.6) is 0 Å². The molecule has 1 aromatic rings. The largest absolute Gasteiger partial charge is 0.480 e. The maximum atomic E-state index is 12.1. The van der Waals surface area contributed by atoms with Crippen LogP contribution in [-0.4, -0.2) is 51.2 Å². The van der Waals surface area contributed by atoms with Crippen LogP contribution in [0.15, 0.2) is 29.2 Å². The van der Waals surface area contributed by atoms with Crippen LogP contribution in [0.25, 0.3) is 0 Å². The predicted octanol–water partition coefficient (Wildman–Crippen LogP) is 0.204. The minimum Gasteiger partial charge on any atom is -0.480 e. The number of carboxylic acid groups (broad SMARTS) is 1. The zero-order valence-electron chi connectivity index (χ0n) is 12.9. The molecule has 1 amide bonds. The van der Waals surface area contributed by atoms with Gasteiger partial charge in [-0.2, -0.15) is 0 Å². The third-order valence-corrected chi connectivity index (χ3v) is 4.21. The van der Waals surface area contributed by atoms with E-state index in [1.165, 1.54) is 24.3 Å². The molecule has 0 aliphatic heterocycles. The van der Waals surface area contributed by atoms with Gasteiger partial charge in [0.05, 0.1) is 11.5 Å². The Morgan fingerprint density at radius 2 is 2.00 bits per heavy atom. The molecule has 1 rings (SSSR count). The molecule has 3 N–H and O–H groups in total. The summed E-state index contributed by atoms with van der Waals surface area (Å²) in [5, 5.41) is 10.9. The average Bonchev–Trinajstić information content (AvgIpc) is 2.45. The molecule has 0 aromatic heterocycles. The van der Waals surface area contributed by atoms with E-state index >= 15 is 0 Å². The van der Waals surface area contributed by atoms with Gasteiger partial charge in [0, 0.05) is 18.2 Å². The van der Waals surface area contributed by atoms with Gasteiger partial charge in [0.15, 0.2) is 0 Å². The second kappa shape index (κ2) is 8.61. The summed E-state index contributed by atoms with van der Waals surface area (Å²) >= 11 is 0. The van der Waals surface area contributed by atoms with E-state index in [0.29, 0.717) is 0 Å². The van der Waals surface area contributed by atoms with Crippen LogP contribution in [0.1, 0.15) is 24.2 Å². The van der Waals surface area contributed by atoms with Gasteiger partial charge < -0.3 is 15.2 Å². The van der Waals surface area contributed by atoms with E-state index in [9.17, 15) is 18.0 Å². The highest BCUT2D eigenvalue weighted by molar-refractivity contribution is 7.89. The fraction of sp³-hybridized carbons (Fsp3) is 0.429. The lowest BCUT2D eigenvalue weighted by Crippen LogP contribution is -2.31. The number of carbonyl (C=O) groups excluding carboxylic acids is 1. The molecule has 0 spiro atoms. The second-order valence-corrected chi connectivity index (χ2v) is 6.72. The Hall–Kier alpha value is -1.97. The molecule has 0 radical (unpaired) electrons. The van der Waals surface area contributed by atoms with Gasteiger partial charge in [-0.05, 0) is 32.0 Å². The number of aliphatic carboxylic acids is 1. The fourth-order valence-electron chi connectivity index (χ4n) is 1.68. The van der Waals surface area contributed by atoms with Crippen LogP contribution in [0.4, 0.5) is 0 Å². The lowest BCUT2D eigenvalue weighted by atomic mass is 10.2. The van der Waals surface area contributed by atoms with E-state index in [4.69, 9.17) is 9.84 Å². The summed E-state index contributed by atoms with van der Waals surface area (Å²) in [4.78, 5) is 22.2. The highest BCUT2D eigenvalue weighted by Crippen LogP contribution is 2.12. The Morgan fingerprint density at radius 3 is 2.61 bits per heavy atom. The van der Waals surface area contributed by atoms with E-state index in [1.807, 2.05) is 0 Å². The summed E-state index contributed by atoms with van der Waals surface area (Å²) in [6, 6.07) is 5.38. The van der Waals surface area contributed by atoms with Gasteiger partial charge in [-0.25, -0.2) is 17.9 Å². The lowest BCUT2D eigenvalue weighted by molar-refractivity contribution is -0.142. The molecule has 9 heteroatoms. The van der Waals surface area contributed by atoms with Gasteiger partial charge in [-0.15, -0.1) is 0 Å². The number of carboxylic acids is 1. The molecule has 1 aromatic carbocycles. The summed E-state index contributed by atoms with van der Waals surface area (Å²) in [5.74, 6) is -1.56. The molecule has 0 aliphatic rings. The predicted molar refractivity (Wildman–Crippen MR) is 82.7 cm³/mol. The molecule has 0 atom stereocenters. The first-order valence-corrected chi connectivity index (χ1v) is 8.41. The molecular formula is C14H20N2O6S. The first-order valence-electron chi connectivity index (χ1n) is 6.92. The number of hydrogen-bond donors (Lipinski definition) is 3. The van der Waals surface area contributed by atoms with E-state index in [1.54, 1.807) is 13.8 Å². The Bertz CT molecular complexity index is 657. The quantitative estimate of drug-likeness (QED) is 0.550. The van der Waals surface area contributed by atoms with E-state index in [2.05, 4.69) is 10.0 Å². The number of sulfonamides is 1. The molecule has 0 saturated heterocycles. The summed E-state index contributed by atoms with van der Waals surface area (Å²) < 4.78 is 31.3. The van der Waals surface area contributed by atoms with Crippen molar-refractivity contribution < 1.29 is 27.9 Å². The topological polar surface area (TPSA) is 122 Å². The summed E-state index contributed by atoms with van der Waals surface area (Å²) in [7, 11) is -3.67. The average molecular weight is 344 g/mol. The van der Waals surface area contributed by atoms with Crippen molar-refractivity contribution in [3.8, 4) is 0 Å². The fourth-order valence-corrected chi connectivity index (χ4v) is 2.98. The molecule has 0 aliphatic carbocycles. The third-order valence-electron chi connectivity index (χ3n) is 2.55. The normalized spacial score (nSPS) is 11.4. The number of amides is 1. The summed E-state index contributed by atoms with van der Waals surface area (Å²) in [5.41, 5.74) is 0.190. The molecule has 0 bridgehead atoms. The number of ether oxygens (including phenoxy) is 1. The molecule has 23 heavy (non-hydrogen) atoms. The van der Waals surface area contributed by atoms with Crippen molar-refractivity contribution in [2.75, 3.05) is 19.8 Å². The van der Waals surface area contributed by atoms with Crippen LogP contribution in [0.3, 0.4) is 0 Å². The molecule has 8 nitrogen and oxygen atoms in total. The van der Waals surface area contributed by atoms with Gasteiger partial charge in [0.2, 0.25) is 10.0 Å². The zero-order valence-corrected chi connectivity index (χ0v) is 13.7. The van der Waals surface area contributed by atoms with Crippen molar-refractivity contribution in [3.05, 3.63) is 29.8 Å². The number of benzene rings is 1. The van der Waals surface area contributed by atoms with Crippen molar-refractivity contribution in [3.63, 3.8) is 0 Å². The van der Waals surface area contributed by atoms with Crippen molar-refractivity contribution in [1.82, 2.24) is 10.0 Å². The molecule has 0 fully saturated rings. The highest BCUT2D eigenvalue weighted by Gasteiger charge is 2.17. The Labute approximate surface area is 134 Å². The van der Waals surface area contributed by atoms with Crippen LogP contribution in [-0.2, 0) is 19.6 Å². The van der Waals surface area contributed by atoms with Crippen LogP contribution < -0.4 is 10.0 Å². The number of carbonyl (C=O) groups is 2. The van der Waals surface area contributed by atoms with Crippen molar-refractivity contribution in [2.24, 2.45) is 0 Å². The minimum absolute atomic E-state index is 0.000905. The first-order chi connectivity index (χ1) is 10.7. The number of hydrogen-bond acceptors (Lipinski definition) is 5. The first kappa shape index (κ1) is 19.1. The highest BCUT2D eigenvalue weighted by atomic mass is 32.2. The second-order valence-electron chi connectivity index (χ2n) is 5.01. The Morgan fingerprint density at radius 1 is 1.30 bits per heavy atom. The van der Waals surface area contributed by atoms with Gasteiger partial charge >= 0.3 is 5.97 Å². The van der Waals surface area contributed by atoms with E-state index in [-0.39, 0.29) is 29.7 Å². The minimum atomic E-state index is -3.67. The Balaban J connectivity index is 2.65. The van der Waals surface area contributed by atoms with Crippen molar-refractivity contribution >= 4 is 21.9 Å². The lowest BCUT2D eigenvalue weighted by Gasteiger charge is -2.11. The van der Waals surface area contributed by atoms with Gasteiger partial charge in [-0.3, -0.25) is 4.79 Å². The maximum absolute atomic E-state index is 12.1. The molecule has 128 valence electrons. The molecule has 0 unspecified atom stereocenters. The SMILES string of the molecule is CC(C)NS(=O)(=O)c1cccc(C(=O)NCCOCC(=O)O)c1. The van der Waals surface area contributed by atoms with E-state index in [0.717, 1.165) is 0 Å². The number of nitrogens with one attached hydrogen (secondary N) is 2. The Kier molecular flexibility index (Phi) is 7.14. The molecular weight excluding hydrogens is 324 g/mol. The van der Waals surface area contributed by atoms with E-state index < -0.39 is 28.5 Å². The van der Waals surface area contributed by atoms with Crippen LogP contribution in [0, 0.1) is 0 Å². The van der Waals surface area contributed by atoms with Crippen LogP contribution in [0.2, 0.25) is 0 Å². The monoisotopic (exact) mass is 344 g/mol. The third kappa shape index (κ3) is 6.76. The zero-order chi connectivity index (χ0) is 17.5. The summed E-state index contributed by atoms with van der Waals surface area (Å²) in [6.45, 7) is 3.12. The maximum Gasteiger partial charge on any atom is 0.329 e. The van der Waals surface area contributed by atoms with Crippen LogP contribution >= 0.6 is 0 Å². The standard InChI is InChI=1S/C14H20N2O6S/c1-10(2)16-23(20,21)12-5-3-4-11(8-12)14(19)15-6-7-22-9-13(17)18/h3-5,8,10,16H,6-7,9H2,1-2H3,(H,15,19)(H,17,18). The van der Waals surface area contributed by atoms with Gasteiger partial charge in [0.1, 0.15) is 6.61 Å². The van der Waals surface area contributed by atoms with Gasteiger partial charge in [0.25, 0.3) is 5.91 Å². The number of rotatable bonds is 9. The smallest absolute Gasteiger partial charge is 0.329 e. The van der Waals surface area contributed by atoms with Crippen molar-refractivity contribution in [2.45, 2.75) is 24.8 Å². The summed E-state index contributed by atoms with van der Waals surface area (Å²) in [6.07, 6.45) is 0. The van der Waals surface area contributed by atoms with Crippen molar-refractivity contribution in [1.29, 1.82) is 0 Å². The molecule has 0 saturated carbocycles. The van der Waals surface area contributed by atoms with Gasteiger partial charge in [-0.1, -0.05) is 6.07 Å².